The van der Waals surface area contributed by atoms with Gasteiger partial charge in [0, 0.05) is 32.6 Å². The molecular formula is C18H33N5O. The molecule has 4 atom stereocenters. The van der Waals surface area contributed by atoms with Crippen molar-refractivity contribution < 1.29 is 5.11 Å². The van der Waals surface area contributed by atoms with Gasteiger partial charge in [-0.2, -0.15) is 4.98 Å². The fraction of sp³-hybridized carbons (Fsp3) is 0.778. The van der Waals surface area contributed by atoms with E-state index in [1.807, 2.05) is 19.0 Å². The topological polar surface area (TPSA) is 77.1 Å². The van der Waals surface area contributed by atoms with E-state index in [0.717, 1.165) is 38.1 Å². The Bertz CT molecular complexity index is 535. The zero-order valence-corrected chi connectivity index (χ0v) is 15.7. The van der Waals surface area contributed by atoms with Gasteiger partial charge >= 0.3 is 0 Å². The number of hydrogen-bond donors (Lipinski definition) is 3. The molecule has 1 aromatic heterocycles. The highest BCUT2D eigenvalue weighted by Crippen LogP contribution is 2.37. The lowest BCUT2D eigenvalue weighted by atomic mass is 10.0. The van der Waals surface area contributed by atoms with Gasteiger partial charge in [0.15, 0.2) is 0 Å². The number of rotatable bonds is 8. The van der Waals surface area contributed by atoms with Gasteiger partial charge in [0.25, 0.3) is 0 Å². The molecule has 0 radical (unpaired) electrons. The van der Waals surface area contributed by atoms with E-state index in [4.69, 9.17) is 0 Å². The molecule has 0 aromatic carbocycles. The first-order chi connectivity index (χ1) is 11.4. The van der Waals surface area contributed by atoms with Gasteiger partial charge in [0.1, 0.15) is 5.82 Å². The molecule has 24 heavy (non-hydrogen) atoms. The van der Waals surface area contributed by atoms with Crippen LogP contribution in [0, 0.1) is 5.92 Å². The number of allylic oxidation sites excluding steroid dienone is 2. The number of nitrogens with zero attached hydrogens (tertiary/aromatic N) is 3. The predicted molar refractivity (Wildman–Crippen MR) is 98.3 cm³/mol. The molecule has 3 N–H and O–H groups in total. The van der Waals surface area contributed by atoms with Crippen molar-refractivity contribution in [2.24, 2.45) is 5.92 Å². The Kier molecular flexibility index (Phi) is 6.80. The van der Waals surface area contributed by atoms with Crippen molar-refractivity contribution in [3.05, 3.63) is 17.5 Å². The Morgan fingerprint density at radius 3 is 2.79 bits per heavy atom. The van der Waals surface area contributed by atoms with Crippen LogP contribution in [0.5, 0.6) is 0 Å². The first kappa shape index (κ1) is 18.9. The molecule has 1 unspecified atom stereocenters. The second-order valence-electron chi connectivity index (χ2n) is 7.58. The Balaban J connectivity index is 1.79. The van der Waals surface area contributed by atoms with Gasteiger partial charge < -0.3 is 15.3 Å². The van der Waals surface area contributed by atoms with Crippen molar-refractivity contribution in [2.45, 2.75) is 64.5 Å². The number of anilines is 1. The summed E-state index contributed by atoms with van der Waals surface area (Å²) < 4.78 is 0. The zero-order valence-electron chi connectivity index (χ0n) is 15.7. The van der Waals surface area contributed by atoms with Crippen molar-refractivity contribution in [1.82, 2.24) is 20.5 Å². The van der Waals surface area contributed by atoms with E-state index in [1.54, 1.807) is 0 Å². The fourth-order valence-electron chi connectivity index (χ4n) is 3.27. The maximum Gasteiger partial charge on any atom is 0.244 e. The van der Waals surface area contributed by atoms with E-state index >= 15 is 0 Å². The largest absolute Gasteiger partial charge is 0.393 e. The average Bonchev–Trinajstić information content (AvgIpc) is 3.11. The van der Waals surface area contributed by atoms with E-state index in [0.29, 0.717) is 12.0 Å². The van der Waals surface area contributed by atoms with Gasteiger partial charge in [-0.1, -0.05) is 11.6 Å². The molecule has 0 saturated heterocycles. The fourth-order valence-corrected chi connectivity index (χ4v) is 3.27. The maximum absolute atomic E-state index is 10.4. The van der Waals surface area contributed by atoms with Crippen LogP contribution >= 0.6 is 0 Å². The quantitative estimate of drug-likeness (QED) is 0.636. The van der Waals surface area contributed by atoms with Gasteiger partial charge in [0.2, 0.25) is 5.95 Å². The van der Waals surface area contributed by atoms with Crippen LogP contribution in [-0.2, 0) is 0 Å². The zero-order chi connectivity index (χ0) is 17.7. The molecule has 0 spiro atoms. The summed E-state index contributed by atoms with van der Waals surface area (Å²) in [5, 5.41) is 21.2. The van der Waals surface area contributed by atoms with Crippen LogP contribution in [0.4, 0.5) is 5.95 Å². The number of hydrogen-bond acceptors (Lipinski definition) is 5. The van der Waals surface area contributed by atoms with Crippen LogP contribution in [0.3, 0.4) is 0 Å². The summed E-state index contributed by atoms with van der Waals surface area (Å²) in [4.78, 5) is 6.42. The Hall–Kier alpha value is -1.40. The first-order valence-corrected chi connectivity index (χ1v) is 9.01. The predicted octanol–water partition coefficient (Wildman–Crippen LogP) is 2.45. The van der Waals surface area contributed by atoms with E-state index in [9.17, 15) is 5.11 Å². The molecule has 6 heteroatoms. The molecule has 1 fully saturated rings. The van der Waals surface area contributed by atoms with Crippen LogP contribution in [0.25, 0.3) is 0 Å². The maximum atomic E-state index is 10.4. The lowest BCUT2D eigenvalue weighted by Crippen LogP contribution is -2.33. The Morgan fingerprint density at radius 2 is 2.17 bits per heavy atom. The molecule has 0 aliphatic heterocycles. The van der Waals surface area contributed by atoms with Crippen LogP contribution < -0.4 is 10.2 Å². The van der Waals surface area contributed by atoms with Crippen LogP contribution in [0.1, 0.15) is 58.2 Å². The van der Waals surface area contributed by atoms with Crippen molar-refractivity contribution in [2.75, 3.05) is 25.5 Å². The van der Waals surface area contributed by atoms with Crippen molar-refractivity contribution >= 4 is 5.95 Å². The number of aromatic amines is 1. The van der Waals surface area contributed by atoms with Crippen LogP contribution in [0.2, 0.25) is 0 Å². The number of aliphatic hydroxyl groups is 1. The second kappa shape index (κ2) is 8.62. The third-order valence-electron chi connectivity index (χ3n) is 4.82. The van der Waals surface area contributed by atoms with Crippen LogP contribution in [-0.4, -0.2) is 53.1 Å². The monoisotopic (exact) mass is 335 g/mol. The summed E-state index contributed by atoms with van der Waals surface area (Å²) in [5.74, 6) is 2.16. The molecule has 1 aromatic rings. The highest BCUT2D eigenvalue weighted by Gasteiger charge is 2.35. The minimum absolute atomic E-state index is 0.264. The van der Waals surface area contributed by atoms with Crippen molar-refractivity contribution in [3.8, 4) is 0 Å². The first-order valence-electron chi connectivity index (χ1n) is 9.01. The molecule has 0 bridgehead atoms. The normalized spacial score (nSPS) is 24.8. The highest BCUT2D eigenvalue weighted by atomic mass is 16.3. The molecule has 6 nitrogen and oxygen atoms in total. The van der Waals surface area contributed by atoms with Crippen LogP contribution in [0.15, 0.2) is 11.6 Å². The van der Waals surface area contributed by atoms with Gasteiger partial charge in [0.05, 0.1) is 6.10 Å². The molecule has 136 valence electrons. The Morgan fingerprint density at radius 1 is 1.42 bits per heavy atom. The summed E-state index contributed by atoms with van der Waals surface area (Å²) in [5.41, 5.74) is 1.38. The number of aromatic nitrogens is 3. The summed E-state index contributed by atoms with van der Waals surface area (Å²) in [6.07, 6.45) is 5.98. The summed E-state index contributed by atoms with van der Waals surface area (Å²) in [7, 11) is 3.86. The van der Waals surface area contributed by atoms with E-state index in [-0.39, 0.29) is 17.9 Å². The number of aliphatic hydroxyl groups excluding tert-OH is 1. The number of nitrogens with one attached hydrogen (secondary N) is 2. The molecule has 1 aliphatic carbocycles. The third-order valence-corrected chi connectivity index (χ3v) is 4.82. The van der Waals surface area contributed by atoms with E-state index in [2.05, 4.69) is 47.3 Å². The highest BCUT2D eigenvalue weighted by molar-refractivity contribution is 5.26. The SMILES string of the molecule is CC(C)=CCCC(C)NC[C@H]1C[C@H](c2nc(N(C)C)n[nH]2)C[C@H]1O. The second-order valence-corrected chi connectivity index (χ2v) is 7.58. The average molecular weight is 335 g/mol. The van der Waals surface area contributed by atoms with Crippen molar-refractivity contribution in [3.63, 3.8) is 0 Å². The molecule has 1 aliphatic rings. The van der Waals surface area contributed by atoms with Crippen molar-refractivity contribution in [1.29, 1.82) is 0 Å². The van der Waals surface area contributed by atoms with Gasteiger partial charge in [-0.05, 0) is 52.4 Å². The molecule has 0 amide bonds. The molecule has 2 rings (SSSR count). The minimum atomic E-state index is -0.264. The van der Waals surface area contributed by atoms with E-state index in [1.165, 1.54) is 5.57 Å². The Labute approximate surface area is 145 Å². The smallest absolute Gasteiger partial charge is 0.244 e. The van der Waals surface area contributed by atoms with Gasteiger partial charge in [-0.25, -0.2) is 0 Å². The lowest BCUT2D eigenvalue weighted by Gasteiger charge is -2.19. The standard InChI is InChI=1S/C18H33N5O/c1-12(2)7-6-8-13(3)19-11-15-9-14(10-16(15)24)17-20-18(22-21-17)23(4)5/h7,13-16,19,24H,6,8-11H2,1-5H3,(H,20,21,22)/t13?,14-,15+,16+/m0/s1. The molecular weight excluding hydrogens is 302 g/mol. The van der Waals surface area contributed by atoms with E-state index < -0.39 is 0 Å². The lowest BCUT2D eigenvalue weighted by molar-refractivity contribution is 0.129. The summed E-state index contributed by atoms with van der Waals surface area (Å²) in [6, 6.07) is 0.470. The summed E-state index contributed by atoms with van der Waals surface area (Å²) >= 11 is 0. The minimum Gasteiger partial charge on any atom is -0.393 e. The van der Waals surface area contributed by atoms with Gasteiger partial charge in [-0.3, -0.25) is 5.10 Å². The third kappa shape index (κ3) is 5.31. The van der Waals surface area contributed by atoms with Gasteiger partial charge in [-0.15, -0.1) is 5.10 Å². The molecule has 1 heterocycles. The summed E-state index contributed by atoms with van der Waals surface area (Å²) in [6.45, 7) is 7.36. The number of H-pyrrole nitrogens is 1. The molecule has 1 saturated carbocycles.